The van der Waals surface area contributed by atoms with E-state index in [1.165, 1.54) is 51.1 Å². The Kier molecular flexibility index (Phi) is 31.9. The molecule has 0 saturated carbocycles. The maximum absolute atomic E-state index is 13.7. The van der Waals surface area contributed by atoms with E-state index >= 15 is 0 Å². The molecular weight excluding hydrogens is 2490 g/mol. The number of aromatic nitrogens is 5. The van der Waals surface area contributed by atoms with Gasteiger partial charge in [0.05, 0.1) is 34.5 Å². The maximum atomic E-state index is 13.7. The number of para-hydroxylation sites is 10. The fourth-order valence-corrected chi connectivity index (χ4v) is 15.3. The molecule has 0 atom stereocenters. The molecule has 9 heterocycles. The van der Waals surface area contributed by atoms with Gasteiger partial charge in [0.15, 0.2) is 0 Å². The van der Waals surface area contributed by atoms with Crippen molar-refractivity contribution >= 4 is 114 Å². The van der Waals surface area contributed by atoms with E-state index in [2.05, 4.69) is 304 Å². The van der Waals surface area contributed by atoms with Gasteiger partial charge in [-0.1, -0.05) is 127 Å². The molecule has 0 spiro atoms. The van der Waals surface area contributed by atoms with Crippen molar-refractivity contribution in [3.63, 3.8) is 0 Å². The Morgan fingerprint density at radius 2 is 0.648 bits per heavy atom. The molecule has 655 valence electrons. The quantitative estimate of drug-likeness (QED) is 0.115. The smallest absolute Gasteiger partial charge is 0.418 e. The fourth-order valence-electron chi connectivity index (χ4n) is 15.3. The van der Waals surface area contributed by atoms with Crippen molar-refractivity contribution in [2.75, 3.05) is 49.0 Å². The Balaban J connectivity index is 0.000000144. The second-order valence-corrected chi connectivity index (χ2v) is 29.9. The summed E-state index contributed by atoms with van der Waals surface area (Å²) in [7, 11) is 0. The Morgan fingerprint density at radius 3 is 1.16 bits per heavy atom. The molecule has 21 rings (SSSR count). The van der Waals surface area contributed by atoms with Crippen LogP contribution in [0.25, 0.3) is 11.1 Å². The molecular formula is C105H84F3Ir5N15-10. The third kappa shape index (κ3) is 20.5. The summed E-state index contributed by atoms with van der Waals surface area (Å²) < 4.78 is 41.0. The Morgan fingerprint density at radius 1 is 0.266 bits per heavy atom. The maximum Gasteiger partial charge on any atom is 0.418 e. The number of halogens is 3. The van der Waals surface area contributed by atoms with Gasteiger partial charge in [0.2, 0.25) is 0 Å². The van der Waals surface area contributed by atoms with Gasteiger partial charge in [0.25, 0.3) is 0 Å². The summed E-state index contributed by atoms with van der Waals surface area (Å²) in [4.78, 5) is 43.4. The van der Waals surface area contributed by atoms with E-state index in [1.54, 1.807) is 53.0 Å². The summed E-state index contributed by atoms with van der Waals surface area (Å²) in [6, 6.07) is 121. The van der Waals surface area contributed by atoms with Crippen LogP contribution in [0.5, 0.6) is 0 Å². The van der Waals surface area contributed by atoms with Crippen molar-refractivity contribution in [2.45, 2.75) is 61.6 Å². The van der Waals surface area contributed by atoms with E-state index < -0.39 is 11.7 Å². The molecule has 16 aromatic rings. The van der Waals surface area contributed by atoms with Crippen LogP contribution in [0, 0.1) is 119 Å². The SMILES string of the molecule is Cc1ccc2c(c1)N(c1[c-]cccc1)[CH-]N2c1ccccc1C.Cc1ccc2c(n1)N(c1[c-]cccc1)[CH-]N2c1ccccc1C.Cc1ccccc1N1[CH-]N(c2[c-]cccc2)c2nccc(C(F)(F)F)c21.Cc1cnc2c(c1)N(c1[c-]cccc1)[CH-]N2c1ccccc1C.Cc1cnc2c(n1)N(c1ccccc1-c1ccccc1)[CH-]N2c1[c-]cccc1.[Ir].[Ir].[Ir].[Ir].[Ir]. The van der Waals surface area contributed by atoms with Crippen molar-refractivity contribution in [3.05, 3.63) is 448 Å². The fraction of sp³-hybridized carbons (Fsp3) is 0.0857. The summed E-state index contributed by atoms with van der Waals surface area (Å²) in [5.41, 5.74) is 24.9. The van der Waals surface area contributed by atoms with E-state index in [9.17, 15) is 13.2 Å². The molecule has 0 fully saturated rings. The van der Waals surface area contributed by atoms with Crippen LogP contribution in [0.4, 0.5) is 128 Å². The van der Waals surface area contributed by atoms with Crippen molar-refractivity contribution < 1.29 is 114 Å². The molecule has 23 heteroatoms. The molecule has 5 aliphatic heterocycles. The minimum atomic E-state index is -4.49. The van der Waals surface area contributed by atoms with Crippen LogP contribution in [-0.2, 0) is 107 Å². The van der Waals surface area contributed by atoms with E-state index in [4.69, 9.17) is 9.97 Å². The van der Waals surface area contributed by atoms with Crippen LogP contribution in [0.15, 0.2) is 334 Å². The van der Waals surface area contributed by atoms with Crippen LogP contribution in [0.3, 0.4) is 0 Å². The molecule has 0 N–H and O–H groups in total. The number of hydrogen-bond acceptors (Lipinski definition) is 15. The minimum absolute atomic E-state index is 0. The second kappa shape index (κ2) is 42.9. The molecule has 128 heavy (non-hydrogen) atoms. The summed E-state index contributed by atoms with van der Waals surface area (Å²) in [6.07, 6.45) is 0.413. The third-order valence-corrected chi connectivity index (χ3v) is 21.3. The third-order valence-electron chi connectivity index (χ3n) is 21.3. The van der Waals surface area contributed by atoms with Gasteiger partial charge in [-0.2, -0.15) is 165 Å². The monoisotopic (exact) mass is 2580 g/mol. The van der Waals surface area contributed by atoms with Crippen LogP contribution < -0.4 is 49.0 Å². The zero-order chi connectivity index (χ0) is 84.7. The first-order valence-corrected chi connectivity index (χ1v) is 40.3. The van der Waals surface area contributed by atoms with E-state index in [-0.39, 0.29) is 112 Å². The summed E-state index contributed by atoms with van der Waals surface area (Å²) >= 11 is 0. The average Bonchev–Trinajstić information content (AvgIpc) is 1.59. The molecule has 4 aromatic heterocycles. The predicted octanol–water partition coefficient (Wildman–Crippen LogP) is 26.6. The summed E-state index contributed by atoms with van der Waals surface area (Å²) in [5.74, 6) is 3.74. The van der Waals surface area contributed by atoms with E-state index in [0.29, 0.717) is 11.4 Å². The predicted molar refractivity (Wildman–Crippen MR) is 491 cm³/mol. The van der Waals surface area contributed by atoms with Gasteiger partial charge < -0.3 is 49.0 Å². The van der Waals surface area contributed by atoms with Crippen molar-refractivity contribution in [1.82, 2.24) is 24.9 Å². The molecule has 5 aliphatic rings. The standard InChI is InChI=1S/C24H18N4.C21H18N2.C20H14F3N3.2C20H17N3.5Ir/c1-18-16-25-23-24(26-18)28(17-27(23)20-12-6-3-7-13-20)22-15-9-8-14-21(22)19-10-4-2-5-11-19;1-16-12-13-20-21(14-16)22(18-9-4-3-5-10-18)15-23(20)19-11-7-6-8-17(19)2;1-14-7-5-6-10-17(14)26-13-25(15-8-3-2-4-9-15)19-18(26)16(11-12-24-19)20(21,22)23;1-15-12-19-20(21-13-15)23(18-11-7-6-8-16(18)2)14-22(19)17-9-4-3-5-10-17;1-15-8-6-7-11-18(15)23-14-22(17-9-4-3-5-10-17)20-19(23)13-12-16(2)21-20;;;;;/h2-12,14-17H,1H3;3-9,11-15H,1-2H3;2-8,10-13H,1H3;2*3-9,11-14H,1-2H3;;;;;/q5*-2;;;;;. The van der Waals surface area contributed by atoms with Gasteiger partial charge in [-0.05, 0) is 161 Å². The van der Waals surface area contributed by atoms with E-state index in [0.717, 1.165) is 109 Å². The number of hydrogen-bond donors (Lipinski definition) is 0. The first-order valence-electron chi connectivity index (χ1n) is 40.3. The molecule has 5 radical (unpaired) electrons. The van der Waals surface area contributed by atoms with Crippen LogP contribution in [0.2, 0.25) is 0 Å². The number of alkyl halides is 3. The van der Waals surface area contributed by atoms with Gasteiger partial charge in [-0.3, -0.25) is 0 Å². The van der Waals surface area contributed by atoms with Crippen LogP contribution in [-0.4, -0.2) is 24.9 Å². The molecule has 0 saturated heterocycles. The van der Waals surface area contributed by atoms with Gasteiger partial charge in [0.1, 0.15) is 29.1 Å². The second-order valence-electron chi connectivity index (χ2n) is 29.9. The number of aryl methyl sites for hydroxylation is 8. The summed E-state index contributed by atoms with van der Waals surface area (Å²) in [5, 5.41) is 0. The normalized spacial score (nSPS) is 12.8. The average molecular weight is 2570 g/mol. The number of pyridine rings is 3. The largest absolute Gasteiger partial charge is 0.493 e. The van der Waals surface area contributed by atoms with Crippen molar-refractivity contribution in [3.8, 4) is 11.1 Å². The zero-order valence-electron chi connectivity index (χ0n) is 70.6. The van der Waals surface area contributed by atoms with Crippen LogP contribution >= 0.6 is 0 Å². The minimum Gasteiger partial charge on any atom is -0.493 e. The first-order chi connectivity index (χ1) is 60.0. The molecule has 0 amide bonds. The number of nitrogens with zero attached hydrogens (tertiary/aromatic N) is 15. The van der Waals surface area contributed by atoms with Gasteiger partial charge in [-0.25, -0.2) is 24.9 Å². The number of benzene rings is 12. The molecule has 0 bridgehead atoms. The van der Waals surface area contributed by atoms with Crippen molar-refractivity contribution in [1.29, 1.82) is 0 Å². The Labute approximate surface area is 815 Å². The van der Waals surface area contributed by atoms with Gasteiger partial charge in [-0.15, -0.1) is 61.8 Å². The number of rotatable bonds is 11. The van der Waals surface area contributed by atoms with E-state index in [1.807, 2.05) is 148 Å². The van der Waals surface area contributed by atoms with Crippen LogP contribution in [0.1, 0.15) is 50.3 Å². The number of anilines is 20. The first kappa shape index (κ1) is 95.3. The zero-order valence-corrected chi connectivity index (χ0v) is 82.6. The van der Waals surface area contributed by atoms with Crippen molar-refractivity contribution in [2.24, 2.45) is 0 Å². The van der Waals surface area contributed by atoms with Gasteiger partial charge >= 0.3 is 6.18 Å². The summed E-state index contributed by atoms with van der Waals surface area (Å²) in [6.45, 7) is 26.4. The Bertz CT molecular complexity index is 6050. The molecule has 0 aliphatic carbocycles. The molecule has 15 nitrogen and oxygen atoms in total. The number of fused-ring (bicyclic) bond motifs is 5. The van der Waals surface area contributed by atoms with Gasteiger partial charge in [0, 0.05) is 164 Å². The molecule has 12 aromatic carbocycles. The topological polar surface area (TPSA) is 96.8 Å². The molecule has 0 unspecified atom stereocenters. The Hall–Kier alpha value is -11.8.